The first-order valence-corrected chi connectivity index (χ1v) is 10.3. The fraction of sp³-hybridized carbons (Fsp3) is 0.455. The number of hydrogen-bond acceptors (Lipinski definition) is 3. The van der Waals surface area contributed by atoms with Crippen molar-refractivity contribution in [2.45, 2.75) is 52.2 Å². The van der Waals surface area contributed by atoms with Gasteiger partial charge in [0.15, 0.2) is 11.5 Å². The third kappa shape index (κ3) is 7.61. The molecule has 2 rings (SSSR count). The highest BCUT2D eigenvalue weighted by molar-refractivity contribution is 6.35. The first-order valence-electron chi connectivity index (χ1n) is 9.58. The SMILES string of the molecule is CCCCCCCNCc1ccc(OCc2ccc(Cl)cc2Cl)c(OC)c1. The molecule has 0 spiro atoms. The van der Waals surface area contributed by atoms with Gasteiger partial charge in [0.1, 0.15) is 6.61 Å². The van der Waals surface area contributed by atoms with Crippen molar-refractivity contribution in [1.82, 2.24) is 5.32 Å². The Balaban J connectivity index is 1.84. The van der Waals surface area contributed by atoms with E-state index in [0.29, 0.717) is 22.4 Å². The summed E-state index contributed by atoms with van der Waals surface area (Å²) in [5, 5.41) is 4.71. The lowest BCUT2D eigenvalue weighted by atomic mass is 10.1. The largest absolute Gasteiger partial charge is 0.493 e. The van der Waals surface area contributed by atoms with Gasteiger partial charge in [-0.15, -0.1) is 0 Å². The van der Waals surface area contributed by atoms with Crippen LogP contribution in [-0.4, -0.2) is 13.7 Å². The lowest BCUT2D eigenvalue weighted by molar-refractivity contribution is 0.284. The number of halogens is 2. The second kappa shape index (κ2) is 12.1. The molecule has 0 saturated heterocycles. The molecule has 0 amide bonds. The molecular formula is C22H29Cl2NO2. The van der Waals surface area contributed by atoms with Gasteiger partial charge in [0, 0.05) is 22.2 Å². The minimum Gasteiger partial charge on any atom is -0.493 e. The summed E-state index contributed by atoms with van der Waals surface area (Å²) in [6, 6.07) is 11.4. The smallest absolute Gasteiger partial charge is 0.161 e. The van der Waals surface area contributed by atoms with Crippen LogP contribution in [0.15, 0.2) is 36.4 Å². The summed E-state index contributed by atoms with van der Waals surface area (Å²) in [5.41, 5.74) is 2.06. The molecule has 1 N–H and O–H groups in total. The minimum atomic E-state index is 0.363. The van der Waals surface area contributed by atoms with Crippen LogP contribution in [0.2, 0.25) is 10.0 Å². The minimum absolute atomic E-state index is 0.363. The van der Waals surface area contributed by atoms with Crippen molar-refractivity contribution < 1.29 is 9.47 Å². The standard InChI is InChI=1S/C22H29Cl2NO2/c1-3-4-5-6-7-12-25-15-17-8-11-21(22(13-17)26-2)27-16-18-9-10-19(23)14-20(18)24/h8-11,13-14,25H,3-7,12,15-16H2,1-2H3. The monoisotopic (exact) mass is 409 g/mol. The number of nitrogens with one attached hydrogen (secondary N) is 1. The highest BCUT2D eigenvalue weighted by atomic mass is 35.5. The molecule has 0 bridgehead atoms. The van der Waals surface area contributed by atoms with Crippen LogP contribution < -0.4 is 14.8 Å². The Kier molecular flexibility index (Phi) is 9.82. The number of rotatable bonds is 12. The lowest BCUT2D eigenvalue weighted by Crippen LogP contribution is -2.14. The van der Waals surface area contributed by atoms with Gasteiger partial charge in [-0.3, -0.25) is 0 Å². The zero-order valence-corrected chi connectivity index (χ0v) is 17.7. The van der Waals surface area contributed by atoms with Crippen molar-refractivity contribution in [2.24, 2.45) is 0 Å². The third-order valence-corrected chi connectivity index (χ3v) is 5.00. The molecule has 0 aliphatic rings. The maximum atomic E-state index is 6.20. The molecule has 5 heteroatoms. The van der Waals surface area contributed by atoms with Crippen LogP contribution in [0.5, 0.6) is 11.5 Å². The van der Waals surface area contributed by atoms with Crippen LogP contribution in [0.25, 0.3) is 0 Å². The van der Waals surface area contributed by atoms with E-state index in [1.807, 2.05) is 18.2 Å². The van der Waals surface area contributed by atoms with Crippen molar-refractivity contribution in [3.05, 3.63) is 57.6 Å². The van der Waals surface area contributed by atoms with Crippen LogP contribution in [0.1, 0.15) is 50.2 Å². The Labute approximate surface area is 173 Å². The number of hydrogen-bond donors (Lipinski definition) is 1. The van der Waals surface area contributed by atoms with E-state index < -0.39 is 0 Å². The Morgan fingerprint density at radius 1 is 0.926 bits per heavy atom. The molecule has 0 heterocycles. The fourth-order valence-corrected chi connectivity index (χ4v) is 3.28. The summed E-state index contributed by atoms with van der Waals surface area (Å²) >= 11 is 12.1. The van der Waals surface area contributed by atoms with Crippen LogP contribution in [0, 0.1) is 0 Å². The first kappa shape index (κ1) is 21.9. The molecule has 0 aromatic heterocycles. The molecule has 3 nitrogen and oxygen atoms in total. The predicted molar refractivity (Wildman–Crippen MR) is 114 cm³/mol. The van der Waals surface area contributed by atoms with Crippen LogP contribution in [0.4, 0.5) is 0 Å². The van der Waals surface area contributed by atoms with Gasteiger partial charge in [0.2, 0.25) is 0 Å². The predicted octanol–water partition coefficient (Wildman–Crippen LogP) is 6.64. The molecule has 148 valence electrons. The Morgan fingerprint density at radius 3 is 2.48 bits per heavy atom. The van der Waals surface area contributed by atoms with Gasteiger partial charge in [-0.25, -0.2) is 0 Å². The van der Waals surface area contributed by atoms with E-state index in [4.69, 9.17) is 32.7 Å². The molecular weight excluding hydrogens is 381 g/mol. The average molecular weight is 410 g/mol. The average Bonchev–Trinajstić information content (AvgIpc) is 2.67. The summed E-state index contributed by atoms with van der Waals surface area (Å²) in [6.07, 6.45) is 6.46. The summed E-state index contributed by atoms with van der Waals surface area (Å²) in [7, 11) is 1.66. The van der Waals surface area contributed by atoms with E-state index in [-0.39, 0.29) is 0 Å². The van der Waals surface area contributed by atoms with Crippen molar-refractivity contribution in [1.29, 1.82) is 0 Å². The maximum absolute atomic E-state index is 6.20. The quantitative estimate of drug-likeness (QED) is 0.398. The zero-order chi connectivity index (χ0) is 19.5. The van der Waals surface area contributed by atoms with Crippen LogP contribution in [0.3, 0.4) is 0 Å². The summed E-state index contributed by atoms with van der Waals surface area (Å²) in [6.45, 7) is 4.47. The molecule has 0 unspecified atom stereocenters. The second-order valence-electron chi connectivity index (χ2n) is 6.60. The Hall–Kier alpha value is -1.42. The van der Waals surface area contributed by atoms with Crippen molar-refractivity contribution in [2.75, 3.05) is 13.7 Å². The Morgan fingerprint density at radius 2 is 1.74 bits per heavy atom. The first-order chi connectivity index (χ1) is 13.1. The van der Waals surface area contributed by atoms with Gasteiger partial charge >= 0.3 is 0 Å². The third-order valence-electron chi connectivity index (χ3n) is 4.41. The van der Waals surface area contributed by atoms with Crippen molar-refractivity contribution >= 4 is 23.2 Å². The molecule has 2 aromatic carbocycles. The highest BCUT2D eigenvalue weighted by Crippen LogP contribution is 2.30. The zero-order valence-electron chi connectivity index (χ0n) is 16.2. The van der Waals surface area contributed by atoms with E-state index in [2.05, 4.69) is 18.3 Å². The number of benzene rings is 2. The molecule has 0 aliphatic carbocycles. The van der Waals surface area contributed by atoms with Gasteiger partial charge in [-0.1, -0.05) is 67.9 Å². The van der Waals surface area contributed by atoms with Gasteiger partial charge < -0.3 is 14.8 Å². The topological polar surface area (TPSA) is 30.5 Å². The molecule has 0 atom stereocenters. The maximum Gasteiger partial charge on any atom is 0.161 e. The summed E-state index contributed by atoms with van der Waals surface area (Å²) in [5.74, 6) is 1.43. The fourth-order valence-electron chi connectivity index (χ4n) is 2.82. The number of methoxy groups -OCH3 is 1. The second-order valence-corrected chi connectivity index (χ2v) is 7.44. The summed E-state index contributed by atoms with van der Waals surface area (Å²) in [4.78, 5) is 0. The van der Waals surface area contributed by atoms with E-state index in [1.54, 1.807) is 19.2 Å². The Bertz CT molecular complexity index is 707. The molecule has 2 aromatic rings. The number of unbranched alkanes of at least 4 members (excludes halogenated alkanes) is 4. The van der Waals surface area contributed by atoms with E-state index in [1.165, 1.54) is 37.7 Å². The molecule has 0 aliphatic heterocycles. The van der Waals surface area contributed by atoms with Crippen LogP contribution >= 0.6 is 23.2 Å². The van der Waals surface area contributed by atoms with Crippen molar-refractivity contribution in [3.63, 3.8) is 0 Å². The van der Waals surface area contributed by atoms with Crippen LogP contribution in [-0.2, 0) is 13.2 Å². The summed E-state index contributed by atoms with van der Waals surface area (Å²) < 4.78 is 11.4. The van der Waals surface area contributed by atoms with Crippen molar-refractivity contribution in [3.8, 4) is 11.5 Å². The van der Waals surface area contributed by atoms with Gasteiger partial charge in [-0.2, -0.15) is 0 Å². The van der Waals surface area contributed by atoms with E-state index in [9.17, 15) is 0 Å². The van der Waals surface area contributed by atoms with Gasteiger partial charge in [-0.05, 0) is 42.8 Å². The van der Waals surface area contributed by atoms with E-state index in [0.717, 1.165) is 24.4 Å². The normalized spacial score (nSPS) is 10.8. The molecule has 27 heavy (non-hydrogen) atoms. The molecule has 0 saturated carbocycles. The van der Waals surface area contributed by atoms with Gasteiger partial charge in [0.05, 0.1) is 7.11 Å². The van der Waals surface area contributed by atoms with E-state index >= 15 is 0 Å². The highest BCUT2D eigenvalue weighted by Gasteiger charge is 2.08. The lowest BCUT2D eigenvalue weighted by Gasteiger charge is -2.13. The molecule has 0 radical (unpaired) electrons. The van der Waals surface area contributed by atoms with Gasteiger partial charge in [0.25, 0.3) is 0 Å². The molecule has 0 fully saturated rings. The number of ether oxygens (including phenoxy) is 2.